The summed E-state index contributed by atoms with van der Waals surface area (Å²) in [4.78, 5) is 37.7. The van der Waals surface area contributed by atoms with Gasteiger partial charge in [-0.05, 0) is 57.5 Å². The van der Waals surface area contributed by atoms with Gasteiger partial charge in [-0.3, -0.25) is 29.5 Å². The van der Waals surface area contributed by atoms with Crippen molar-refractivity contribution in [3.63, 3.8) is 0 Å². The van der Waals surface area contributed by atoms with Crippen LogP contribution in [0.25, 0.3) is 0 Å². The third-order valence-electron chi connectivity index (χ3n) is 6.24. The Morgan fingerprint density at radius 2 is 1.89 bits per heavy atom. The van der Waals surface area contributed by atoms with Crippen LogP contribution in [0.3, 0.4) is 0 Å². The second-order valence-corrected chi connectivity index (χ2v) is 9.20. The lowest BCUT2D eigenvalue weighted by molar-refractivity contribution is -0.137. The standard InChI is InChI=1S/C26H34F3N5O2/c1-16(19(4)31-12-18(3)35)7-8-17(2)34-14-22(15-34)33-25(36)13-32-20(5)23-11-21(26(27,28)29)9-10-24(23)30-6/h9-12,16-17,22H,4,6-8,13-15H2,1-3,5H3,(H,33,36). The van der Waals surface area contributed by atoms with E-state index in [-0.39, 0.29) is 47.2 Å². The zero-order chi connectivity index (χ0) is 27.0. The number of alkyl halides is 3. The first-order chi connectivity index (χ1) is 16.8. The molecule has 1 fully saturated rings. The second kappa shape index (κ2) is 12.7. The number of nitrogens with one attached hydrogen (secondary N) is 1. The van der Waals surface area contributed by atoms with Gasteiger partial charge in [0, 0.05) is 43.0 Å². The minimum atomic E-state index is -4.49. The number of carbonyl (C=O) groups is 2. The largest absolute Gasteiger partial charge is 0.416 e. The molecule has 1 aliphatic heterocycles. The highest BCUT2D eigenvalue weighted by molar-refractivity contribution is 6.26. The van der Waals surface area contributed by atoms with E-state index in [0.717, 1.165) is 25.0 Å². The van der Waals surface area contributed by atoms with E-state index in [4.69, 9.17) is 0 Å². The highest BCUT2D eigenvalue weighted by Gasteiger charge is 2.32. The van der Waals surface area contributed by atoms with Crippen LogP contribution in [0.1, 0.15) is 51.7 Å². The molecule has 1 aromatic rings. The smallest absolute Gasteiger partial charge is 0.349 e. The van der Waals surface area contributed by atoms with Crippen molar-refractivity contribution in [3.8, 4) is 0 Å². The van der Waals surface area contributed by atoms with Crippen LogP contribution in [-0.2, 0) is 15.8 Å². The molecule has 36 heavy (non-hydrogen) atoms. The van der Waals surface area contributed by atoms with Gasteiger partial charge in [-0.25, -0.2) is 0 Å². The number of rotatable bonds is 12. The molecule has 0 radical (unpaired) electrons. The summed E-state index contributed by atoms with van der Waals surface area (Å²) >= 11 is 0. The Morgan fingerprint density at radius 1 is 1.22 bits per heavy atom. The number of allylic oxidation sites excluding steroid dienone is 1. The summed E-state index contributed by atoms with van der Waals surface area (Å²) in [5.74, 6) is -0.241. The van der Waals surface area contributed by atoms with Gasteiger partial charge in [0.1, 0.15) is 6.54 Å². The summed E-state index contributed by atoms with van der Waals surface area (Å²) in [6, 6.07) is 3.47. The van der Waals surface area contributed by atoms with E-state index in [0.29, 0.717) is 24.8 Å². The topological polar surface area (TPSA) is 86.5 Å². The van der Waals surface area contributed by atoms with E-state index in [1.165, 1.54) is 19.2 Å². The van der Waals surface area contributed by atoms with Crippen molar-refractivity contribution in [2.45, 2.75) is 58.8 Å². The number of nitrogens with zero attached hydrogens (tertiary/aromatic N) is 4. The van der Waals surface area contributed by atoms with Crippen LogP contribution in [0.4, 0.5) is 18.9 Å². The Hall–Kier alpha value is -3.14. The Morgan fingerprint density at radius 3 is 2.47 bits per heavy atom. The molecule has 1 N–H and O–H groups in total. The number of carbonyl (C=O) groups excluding carboxylic acids is 2. The summed E-state index contributed by atoms with van der Waals surface area (Å²) in [6.07, 6.45) is -1.40. The Labute approximate surface area is 210 Å². The fourth-order valence-corrected chi connectivity index (χ4v) is 3.79. The number of hydrogen-bond donors (Lipinski definition) is 1. The lowest BCUT2D eigenvalue weighted by Gasteiger charge is -2.43. The lowest BCUT2D eigenvalue weighted by atomic mass is 9.96. The monoisotopic (exact) mass is 505 g/mol. The van der Waals surface area contributed by atoms with Gasteiger partial charge in [-0.2, -0.15) is 13.2 Å². The molecule has 0 saturated carbocycles. The Balaban J connectivity index is 1.81. The fraction of sp³-hybridized carbons (Fsp3) is 0.500. The van der Waals surface area contributed by atoms with Crippen LogP contribution >= 0.6 is 0 Å². The molecule has 0 bridgehead atoms. The maximum absolute atomic E-state index is 13.1. The van der Waals surface area contributed by atoms with E-state index < -0.39 is 11.7 Å². The predicted molar refractivity (Wildman–Crippen MR) is 137 cm³/mol. The molecule has 0 aliphatic carbocycles. The summed E-state index contributed by atoms with van der Waals surface area (Å²) < 4.78 is 39.2. The molecule has 2 rings (SSSR count). The normalized spacial score (nSPS) is 16.9. The number of aliphatic imine (C=N–C) groups is 3. The fourth-order valence-electron chi connectivity index (χ4n) is 3.79. The van der Waals surface area contributed by atoms with Crippen LogP contribution < -0.4 is 5.32 Å². The summed E-state index contributed by atoms with van der Waals surface area (Å²) in [5.41, 5.74) is 0.626. The number of ketones is 1. The van der Waals surface area contributed by atoms with Gasteiger partial charge in [-0.1, -0.05) is 13.5 Å². The molecule has 2 atom stereocenters. The first kappa shape index (κ1) is 29.1. The maximum Gasteiger partial charge on any atom is 0.416 e. The zero-order valence-electron chi connectivity index (χ0n) is 21.2. The van der Waals surface area contributed by atoms with E-state index in [1.807, 2.05) is 6.92 Å². The Bertz CT molecular complexity index is 1040. The van der Waals surface area contributed by atoms with Crippen LogP contribution in [0.15, 0.2) is 45.5 Å². The van der Waals surface area contributed by atoms with Crippen molar-refractivity contribution in [3.05, 3.63) is 41.6 Å². The summed E-state index contributed by atoms with van der Waals surface area (Å²) in [5, 5.41) is 2.91. The number of halogens is 3. The molecule has 1 aromatic carbocycles. The van der Waals surface area contributed by atoms with E-state index in [2.05, 4.69) is 45.4 Å². The molecule has 196 valence electrons. The molecule has 2 unspecified atom stereocenters. The Kier molecular flexibility index (Phi) is 10.3. The first-order valence-corrected chi connectivity index (χ1v) is 11.8. The molecular formula is C26H34F3N5O2. The van der Waals surface area contributed by atoms with Crippen molar-refractivity contribution in [1.29, 1.82) is 0 Å². The SMILES string of the molecule is C=Nc1ccc(C(F)(F)F)cc1C(C)=NCC(=O)NC1CN(C(C)CCC(C)C(=C)N=CC(C)=O)C1. The highest BCUT2D eigenvalue weighted by atomic mass is 19.4. The molecule has 1 aliphatic rings. The van der Waals surface area contributed by atoms with Crippen molar-refractivity contribution in [2.75, 3.05) is 19.6 Å². The molecule has 7 nitrogen and oxygen atoms in total. The zero-order valence-corrected chi connectivity index (χ0v) is 21.2. The predicted octanol–water partition coefficient (Wildman–Crippen LogP) is 4.63. The van der Waals surface area contributed by atoms with E-state index in [1.54, 1.807) is 6.92 Å². The van der Waals surface area contributed by atoms with Crippen molar-refractivity contribution < 1.29 is 22.8 Å². The average Bonchev–Trinajstić information content (AvgIpc) is 2.79. The maximum atomic E-state index is 13.1. The van der Waals surface area contributed by atoms with Gasteiger partial charge in [0.2, 0.25) is 5.91 Å². The van der Waals surface area contributed by atoms with Gasteiger partial charge in [0.05, 0.1) is 23.5 Å². The van der Waals surface area contributed by atoms with Crippen LogP contribution in [0.2, 0.25) is 0 Å². The molecular weight excluding hydrogens is 471 g/mol. The molecule has 0 spiro atoms. The van der Waals surface area contributed by atoms with Crippen LogP contribution in [0, 0.1) is 5.92 Å². The number of amides is 1. The van der Waals surface area contributed by atoms with Crippen molar-refractivity contribution >= 4 is 36.0 Å². The minimum Gasteiger partial charge on any atom is -0.349 e. The molecule has 1 saturated heterocycles. The summed E-state index contributed by atoms with van der Waals surface area (Å²) in [6.45, 7) is 15.7. The van der Waals surface area contributed by atoms with E-state index in [9.17, 15) is 22.8 Å². The third-order valence-corrected chi connectivity index (χ3v) is 6.24. The molecule has 0 aromatic heterocycles. The number of benzene rings is 1. The molecule has 1 amide bonds. The van der Waals surface area contributed by atoms with Crippen LogP contribution in [-0.4, -0.2) is 67.0 Å². The number of Topliss-reactive ketones (excluding diaryl/α,β-unsaturated/α-hetero) is 1. The van der Waals surface area contributed by atoms with E-state index >= 15 is 0 Å². The molecule has 1 heterocycles. The third kappa shape index (κ3) is 8.51. The minimum absolute atomic E-state index is 0.00183. The lowest BCUT2D eigenvalue weighted by Crippen LogP contribution is -2.61. The van der Waals surface area contributed by atoms with Crippen LogP contribution in [0.5, 0.6) is 0 Å². The number of likely N-dealkylation sites (tertiary alicyclic amines) is 1. The quantitative estimate of drug-likeness (QED) is 0.421. The van der Waals surface area contributed by atoms with Crippen molar-refractivity contribution in [1.82, 2.24) is 10.2 Å². The van der Waals surface area contributed by atoms with Gasteiger partial charge < -0.3 is 5.32 Å². The number of hydrogen-bond acceptors (Lipinski definition) is 6. The van der Waals surface area contributed by atoms with Crippen molar-refractivity contribution in [2.24, 2.45) is 20.9 Å². The average molecular weight is 506 g/mol. The molecule has 10 heteroatoms. The summed E-state index contributed by atoms with van der Waals surface area (Å²) in [7, 11) is 0. The first-order valence-electron chi connectivity index (χ1n) is 11.8. The van der Waals surface area contributed by atoms with Gasteiger partial charge in [-0.15, -0.1) is 0 Å². The second-order valence-electron chi connectivity index (χ2n) is 9.20. The highest BCUT2D eigenvalue weighted by Crippen LogP contribution is 2.33. The van der Waals surface area contributed by atoms with Gasteiger partial charge in [0.15, 0.2) is 5.78 Å². The van der Waals surface area contributed by atoms with Gasteiger partial charge >= 0.3 is 6.18 Å². The van der Waals surface area contributed by atoms with Gasteiger partial charge in [0.25, 0.3) is 0 Å².